The van der Waals surface area contributed by atoms with Crippen LogP contribution < -0.4 is 9.38 Å². The molecule has 0 aliphatic heterocycles. The first-order valence-corrected chi connectivity index (χ1v) is 13.4. The minimum atomic E-state index is -2.70. The van der Waals surface area contributed by atoms with Gasteiger partial charge in [-0.05, 0) is 56.2 Å². The van der Waals surface area contributed by atoms with Crippen LogP contribution in [-0.4, -0.2) is 35.4 Å². The number of nitrogens with zero attached hydrogens (tertiary/aromatic N) is 3. The summed E-state index contributed by atoms with van der Waals surface area (Å²) in [4.78, 5) is 17.4. The molecule has 6 nitrogen and oxygen atoms in total. The molecule has 2 aromatic carbocycles. The van der Waals surface area contributed by atoms with Gasteiger partial charge in [0, 0.05) is 12.4 Å². The monoisotopic (exact) mass is 469 g/mol. The second kappa shape index (κ2) is 11.6. The molecular weight excluding hydrogens is 445 g/mol. The highest BCUT2D eigenvalue weighted by molar-refractivity contribution is 8.23. The second-order valence-corrected chi connectivity index (χ2v) is 11.7. The average Bonchev–Trinajstić information content (AvgIpc) is 2.76. The number of amides is 1. The molecule has 29 heavy (non-hydrogen) atoms. The molecule has 1 unspecified atom stereocenters. The summed E-state index contributed by atoms with van der Waals surface area (Å²) in [6.07, 6.45) is -1.44. The molecule has 1 amide bonds. The Morgan fingerprint density at radius 3 is 2.28 bits per heavy atom. The molecule has 0 saturated carbocycles. The van der Waals surface area contributed by atoms with Crippen molar-refractivity contribution in [2.24, 2.45) is 5.16 Å². The van der Waals surface area contributed by atoms with Crippen LogP contribution in [0.2, 0.25) is 0 Å². The number of para-hydroxylation sites is 1. The van der Waals surface area contributed by atoms with Gasteiger partial charge in [-0.1, -0.05) is 41.6 Å². The molecule has 0 heterocycles. The van der Waals surface area contributed by atoms with E-state index in [-0.39, 0.29) is 0 Å². The Morgan fingerprint density at radius 1 is 1.14 bits per heavy atom. The lowest BCUT2D eigenvalue weighted by atomic mass is 10.3. The molecule has 10 heteroatoms. The smallest absolute Gasteiger partial charge is 0.330 e. The lowest BCUT2D eigenvalue weighted by Gasteiger charge is -2.36. The number of oxime groups is 1. The van der Waals surface area contributed by atoms with Gasteiger partial charge in [-0.15, -0.1) is 11.8 Å². The second-order valence-electron chi connectivity index (χ2n) is 5.63. The van der Waals surface area contributed by atoms with E-state index in [2.05, 4.69) is 5.16 Å². The molecule has 0 spiro atoms. The molecule has 2 aromatic rings. The Morgan fingerprint density at radius 2 is 1.72 bits per heavy atom. The fraction of sp³-hybridized carbons (Fsp3) is 0.263. The number of benzene rings is 2. The fourth-order valence-electron chi connectivity index (χ4n) is 2.17. The van der Waals surface area contributed by atoms with Crippen molar-refractivity contribution in [3.63, 3.8) is 0 Å². The lowest BCUT2D eigenvalue weighted by Crippen LogP contribution is -2.29. The van der Waals surface area contributed by atoms with Crippen LogP contribution in [0.4, 0.5) is 10.5 Å². The van der Waals surface area contributed by atoms with E-state index < -0.39 is 12.5 Å². The summed E-state index contributed by atoms with van der Waals surface area (Å²) in [6.45, 7) is 4.13. The van der Waals surface area contributed by atoms with E-state index in [1.807, 2.05) is 77.9 Å². The van der Waals surface area contributed by atoms with Crippen LogP contribution in [0.25, 0.3) is 0 Å². The zero-order valence-corrected chi connectivity index (χ0v) is 20.1. The summed E-state index contributed by atoms with van der Waals surface area (Å²) >= 11 is 8.63. The first-order valence-electron chi connectivity index (χ1n) is 8.79. The van der Waals surface area contributed by atoms with E-state index in [4.69, 9.17) is 21.2 Å². The van der Waals surface area contributed by atoms with Gasteiger partial charge in [0.1, 0.15) is 5.04 Å². The van der Waals surface area contributed by atoms with Crippen molar-refractivity contribution in [1.29, 1.82) is 0 Å². The molecule has 156 valence electrons. The van der Waals surface area contributed by atoms with Crippen LogP contribution in [0.15, 0.2) is 65.8 Å². The van der Waals surface area contributed by atoms with Crippen LogP contribution in [0.5, 0.6) is 0 Å². The third-order valence-electron chi connectivity index (χ3n) is 3.61. The number of hydrogen-bond donors (Lipinski definition) is 0. The lowest BCUT2D eigenvalue weighted by molar-refractivity contribution is 0.137. The zero-order chi connectivity index (χ0) is 21.3. The van der Waals surface area contributed by atoms with Crippen molar-refractivity contribution in [2.45, 2.75) is 13.8 Å². The van der Waals surface area contributed by atoms with Gasteiger partial charge in [0.15, 0.2) is 6.42 Å². The predicted octanol–water partition coefficient (Wildman–Crippen LogP) is 5.49. The molecule has 0 bridgehead atoms. The van der Waals surface area contributed by atoms with Gasteiger partial charge < -0.3 is 4.52 Å². The molecule has 0 saturated heterocycles. The molecule has 0 fully saturated rings. The van der Waals surface area contributed by atoms with Gasteiger partial charge in [0.25, 0.3) is 0 Å². The molecular formula is C19H24N3O3PS3. The number of thioether (sulfide) groups is 1. The molecule has 2 rings (SSSR count). The topological polar surface area (TPSA) is 54.4 Å². The Kier molecular flexibility index (Phi) is 9.52. The third kappa shape index (κ3) is 6.49. The Labute approximate surface area is 186 Å². The Bertz CT molecular complexity index is 869. The highest BCUT2D eigenvalue weighted by Crippen LogP contribution is 2.56. The van der Waals surface area contributed by atoms with Gasteiger partial charge in [-0.25, -0.2) is 13.2 Å². The summed E-state index contributed by atoms with van der Waals surface area (Å²) in [5, 5.41) is 5.36. The zero-order valence-electron chi connectivity index (χ0n) is 16.7. The maximum absolute atomic E-state index is 12.4. The number of carbonyl (C=O) groups excluding carboxylic acids is 1. The maximum atomic E-state index is 12.4. The van der Waals surface area contributed by atoms with Crippen LogP contribution in [-0.2, 0) is 21.2 Å². The van der Waals surface area contributed by atoms with Crippen LogP contribution in [0.1, 0.15) is 13.8 Å². The number of rotatable bonds is 8. The van der Waals surface area contributed by atoms with Crippen molar-refractivity contribution in [1.82, 2.24) is 4.31 Å². The molecule has 1 atom stereocenters. The SMILES string of the molecule is CCOP(=S)(c1ccccc1)N(SN(C)C(=O)ON=C(C)SC)c1ccccc1. The molecule has 0 radical (unpaired) electrons. The van der Waals surface area contributed by atoms with E-state index in [0.717, 1.165) is 23.1 Å². The summed E-state index contributed by atoms with van der Waals surface area (Å²) in [6, 6.07) is 19.4. The third-order valence-corrected chi connectivity index (χ3v) is 9.96. The Balaban J connectivity index is 2.39. The molecule has 0 aromatic heterocycles. The highest BCUT2D eigenvalue weighted by Gasteiger charge is 2.33. The van der Waals surface area contributed by atoms with Gasteiger partial charge in [0.05, 0.1) is 24.4 Å². The predicted molar refractivity (Wildman–Crippen MR) is 129 cm³/mol. The van der Waals surface area contributed by atoms with E-state index >= 15 is 0 Å². The van der Waals surface area contributed by atoms with Crippen molar-refractivity contribution >= 4 is 64.2 Å². The van der Waals surface area contributed by atoms with Crippen LogP contribution in [0, 0.1) is 0 Å². The highest BCUT2D eigenvalue weighted by atomic mass is 32.5. The molecule has 0 N–H and O–H groups in total. The first-order chi connectivity index (χ1) is 13.9. The number of anilines is 1. The standard InChI is InChI=1S/C19H24N3O3PS3/c1-5-24-26(27,18-14-10-7-11-15-18)22(17-12-8-6-9-13-17)29-21(3)19(23)25-20-16(2)28-4/h6-15H,5H2,1-4H3. The van der Waals surface area contributed by atoms with E-state index in [9.17, 15) is 4.79 Å². The van der Waals surface area contributed by atoms with E-state index in [0.29, 0.717) is 11.7 Å². The first kappa shape index (κ1) is 23.8. The minimum Gasteiger partial charge on any atom is -0.330 e. The normalized spacial score (nSPS) is 13.4. The van der Waals surface area contributed by atoms with Crippen molar-refractivity contribution in [2.75, 3.05) is 24.0 Å². The van der Waals surface area contributed by atoms with Gasteiger partial charge in [-0.2, -0.15) is 0 Å². The van der Waals surface area contributed by atoms with Crippen LogP contribution >= 0.6 is 30.3 Å². The largest absolute Gasteiger partial charge is 0.447 e. The van der Waals surface area contributed by atoms with Crippen molar-refractivity contribution in [3.05, 3.63) is 60.7 Å². The van der Waals surface area contributed by atoms with E-state index in [1.165, 1.54) is 16.1 Å². The maximum Gasteiger partial charge on any atom is 0.447 e. The van der Waals surface area contributed by atoms with Gasteiger partial charge in [0.2, 0.25) is 0 Å². The summed E-state index contributed by atoms with van der Waals surface area (Å²) in [5.74, 6) is 0. The fourth-order valence-corrected chi connectivity index (χ4v) is 7.00. The number of carbonyl (C=O) groups is 1. The van der Waals surface area contributed by atoms with Gasteiger partial charge >= 0.3 is 6.09 Å². The Hall–Kier alpha value is -1.51. The van der Waals surface area contributed by atoms with Crippen molar-refractivity contribution < 1.29 is 14.2 Å². The number of hydrogen-bond acceptors (Lipinski definition) is 7. The molecule has 0 aliphatic rings. The summed E-state index contributed by atoms with van der Waals surface area (Å²) in [5.41, 5.74) is 0.835. The molecule has 0 aliphatic carbocycles. The summed E-state index contributed by atoms with van der Waals surface area (Å²) in [7, 11) is 1.61. The van der Waals surface area contributed by atoms with Gasteiger partial charge in [-0.3, -0.25) is 4.84 Å². The van der Waals surface area contributed by atoms with E-state index in [1.54, 1.807) is 14.0 Å². The summed E-state index contributed by atoms with van der Waals surface area (Å²) < 4.78 is 9.39. The van der Waals surface area contributed by atoms with Crippen LogP contribution in [0.3, 0.4) is 0 Å². The van der Waals surface area contributed by atoms with Crippen molar-refractivity contribution in [3.8, 4) is 0 Å². The quantitative estimate of drug-likeness (QED) is 0.126. The minimum absolute atomic E-state index is 0.446. The average molecular weight is 470 g/mol.